The molecule has 1 aliphatic heterocycles. The first-order valence-electron chi connectivity index (χ1n) is 6.60. The van der Waals surface area contributed by atoms with E-state index in [4.69, 9.17) is 4.74 Å². The Morgan fingerprint density at radius 3 is 1.96 bits per heavy atom. The number of rotatable bonds is 4. The second-order valence-corrected chi connectivity index (χ2v) is 5.94. The van der Waals surface area contributed by atoms with Gasteiger partial charge in [-0.05, 0) is 6.07 Å². The van der Waals surface area contributed by atoms with E-state index in [0.717, 1.165) is 17.8 Å². The minimum Gasteiger partial charge on any atom is -0.496 e. The van der Waals surface area contributed by atoms with Gasteiger partial charge in [0.2, 0.25) is 0 Å². The SMILES string of the molecule is COc1cc2c(c([N+](=O)[O-])c1)Nc1c(cc([N+](=O)[O-])cc1[N+](=O)[O-])S2. The summed E-state index contributed by atoms with van der Waals surface area (Å²) >= 11 is 0.951. The standard InChI is InChI=1S/C13H8N4O7S/c1-24-7-4-9(17(22)23)13-11(5-7)25-10-3-6(15(18)19)2-8(16(20)21)12(10)14-13/h2-5,14H,1H3. The number of non-ortho nitro benzene ring substituents is 1. The first kappa shape index (κ1) is 16.4. The molecule has 0 saturated heterocycles. The smallest absolute Gasteiger partial charge is 0.300 e. The molecule has 0 saturated carbocycles. The van der Waals surface area contributed by atoms with Crippen LogP contribution in [0.1, 0.15) is 0 Å². The Kier molecular flexibility index (Phi) is 3.88. The van der Waals surface area contributed by atoms with Gasteiger partial charge in [-0.2, -0.15) is 0 Å². The van der Waals surface area contributed by atoms with Gasteiger partial charge in [0.25, 0.3) is 11.4 Å². The van der Waals surface area contributed by atoms with Crippen molar-refractivity contribution in [3.63, 3.8) is 0 Å². The summed E-state index contributed by atoms with van der Waals surface area (Å²) in [6.07, 6.45) is 0. The number of hydrogen-bond acceptors (Lipinski definition) is 9. The van der Waals surface area contributed by atoms with Gasteiger partial charge in [-0.15, -0.1) is 0 Å². The van der Waals surface area contributed by atoms with Crippen LogP contribution in [0.15, 0.2) is 34.1 Å². The zero-order valence-corrected chi connectivity index (χ0v) is 13.2. The van der Waals surface area contributed by atoms with Gasteiger partial charge in [-0.3, -0.25) is 30.3 Å². The van der Waals surface area contributed by atoms with Crippen LogP contribution in [0.4, 0.5) is 28.4 Å². The molecule has 11 nitrogen and oxygen atoms in total. The van der Waals surface area contributed by atoms with Crippen molar-refractivity contribution in [3.05, 3.63) is 54.6 Å². The van der Waals surface area contributed by atoms with E-state index in [2.05, 4.69) is 5.32 Å². The van der Waals surface area contributed by atoms with Crippen molar-refractivity contribution in [1.29, 1.82) is 0 Å². The molecule has 0 unspecified atom stereocenters. The van der Waals surface area contributed by atoms with Gasteiger partial charge in [0.15, 0.2) is 0 Å². The number of fused-ring (bicyclic) bond motifs is 2. The van der Waals surface area contributed by atoms with Crippen LogP contribution in [-0.4, -0.2) is 21.9 Å². The maximum atomic E-state index is 11.3. The highest BCUT2D eigenvalue weighted by Gasteiger charge is 2.32. The molecule has 2 aromatic rings. The average Bonchev–Trinajstić information content (AvgIpc) is 2.57. The molecule has 0 amide bonds. The fraction of sp³-hybridized carbons (Fsp3) is 0.0769. The third-order valence-electron chi connectivity index (χ3n) is 3.43. The number of nitro groups is 3. The monoisotopic (exact) mass is 364 g/mol. The van der Waals surface area contributed by atoms with Crippen LogP contribution in [0.25, 0.3) is 0 Å². The number of nitrogens with zero attached hydrogens (tertiary/aromatic N) is 3. The summed E-state index contributed by atoms with van der Waals surface area (Å²) in [5.41, 5.74) is -1.25. The molecule has 0 radical (unpaired) electrons. The summed E-state index contributed by atoms with van der Waals surface area (Å²) < 4.78 is 5.02. The number of hydrogen-bond donors (Lipinski definition) is 1. The average molecular weight is 364 g/mol. The predicted octanol–water partition coefficient (Wildman–Crippen LogP) is 3.63. The maximum Gasteiger partial charge on any atom is 0.300 e. The Bertz CT molecular complexity index is 946. The fourth-order valence-electron chi connectivity index (χ4n) is 2.33. The number of benzene rings is 2. The van der Waals surface area contributed by atoms with E-state index in [1.165, 1.54) is 25.3 Å². The van der Waals surface area contributed by atoms with Gasteiger partial charge in [-0.25, -0.2) is 0 Å². The van der Waals surface area contributed by atoms with Crippen LogP contribution in [0.3, 0.4) is 0 Å². The molecule has 25 heavy (non-hydrogen) atoms. The van der Waals surface area contributed by atoms with Crippen LogP contribution < -0.4 is 10.1 Å². The van der Waals surface area contributed by atoms with Crippen LogP contribution in [0.2, 0.25) is 0 Å². The van der Waals surface area contributed by atoms with E-state index in [1.54, 1.807) is 0 Å². The van der Waals surface area contributed by atoms with Crippen molar-refractivity contribution in [3.8, 4) is 5.75 Å². The van der Waals surface area contributed by atoms with Crippen molar-refractivity contribution in [2.75, 3.05) is 12.4 Å². The number of methoxy groups -OCH3 is 1. The van der Waals surface area contributed by atoms with Gasteiger partial charge in [-0.1, -0.05) is 11.8 Å². The number of anilines is 2. The molecule has 1 heterocycles. The third-order valence-corrected chi connectivity index (χ3v) is 4.51. The Labute approximate surface area is 143 Å². The molecule has 0 bridgehead atoms. The van der Waals surface area contributed by atoms with Gasteiger partial charge in [0.1, 0.15) is 17.1 Å². The van der Waals surface area contributed by atoms with Crippen molar-refractivity contribution < 1.29 is 19.5 Å². The summed E-state index contributed by atoms with van der Waals surface area (Å²) in [5, 5.41) is 36.2. The van der Waals surface area contributed by atoms with Crippen molar-refractivity contribution in [2.45, 2.75) is 9.79 Å². The van der Waals surface area contributed by atoms with Gasteiger partial charge in [0.05, 0.1) is 34.0 Å². The fourth-order valence-corrected chi connectivity index (χ4v) is 3.44. The van der Waals surface area contributed by atoms with Crippen molar-refractivity contribution in [2.24, 2.45) is 0 Å². The van der Waals surface area contributed by atoms with Crippen LogP contribution in [0.5, 0.6) is 5.75 Å². The Balaban J connectivity index is 2.23. The van der Waals surface area contributed by atoms with Crippen molar-refractivity contribution in [1.82, 2.24) is 0 Å². The molecule has 3 rings (SSSR count). The van der Waals surface area contributed by atoms with E-state index in [-0.39, 0.29) is 27.7 Å². The topological polar surface area (TPSA) is 151 Å². The van der Waals surface area contributed by atoms with E-state index in [9.17, 15) is 30.3 Å². The second-order valence-electron chi connectivity index (χ2n) is 4.86. The lowest BCUT2D eigenvalue weighted by Gasteiger charge is -2.20. The summed E-state index contributed by atoms with van der Waals surface area (Å²) in [6, 6.07) is 4.68. The number of nitrogens with one attached hydrogen (secondary N) is 1. The third kappa shape index (κ3) is 2.78. The zero-order chi connectivity index (χ0) is 18.3. The van der Waals surface area contributed by atoms with Crippen LogP contribution >= 0.6 is 11.8 Å². The summed E-state index contributed by atoms with van der Waals surface area (Å²) in [4.78, 5) is 32.0. The van der Waals surface area contributed by atoms with Crippen LogP contribution in [-0.2, 0) is 0 Å². The Morgan fingerprint density at radius 1 is 0.880 bits per heavy atom. The highest BCUT2D eigenvalue weighted by molar-refractivity contribution is 7.99. The van der Waals surface area contributed by atoms with Gasteiger partial charge < -0.3 is 10.1 Å². The van der Waals surface area contributed by atoms with Gasteiger partial charge >= 0.3 is 5.69 Å². The molecule has 0 spiro atoms. The first-order chi connectivity index (χ1) is 11.8. The van der Waals surface area contributed by atoms with Gasteiger partial charge in [0, 0.05) is 15.9 Å². The van der Waals surface area contributed by atoms with E-state index < -0.39 is 26.1 Å². The van der Waals surface area contributed by atoms with E-state index >= 15 is 0 Å². The zero-order valence-electron chi connectivity index (χ0n) is 12.4. The second kappa shape index (κ2) is 5.90. The molecule has 0 aliphatic carbocycles. The highest BCUT2D eigenvalue weighted by atomic mass is 32.2. The van der Waals surface area contributed by atoms with Crippen LogP contribution in [0, 0.1) is 30.3 Å². The highest BCUT2D eigenvalue weighted by Crippen LogP contribution is 2.52. The lowest BCUT2D eigenvalue weighted by atomic mass is 10.2. The Hall–Kier alpha value is -3.41. The summed E-state index contributed by atoms with van der Waals surface area (Å²) in [7, 11) is 1.34. The number of ether oxygens (including phenoxy) is 1. The molecular formula is C13H8N4O7S. The molecule has 128 valence electrons. The molecule has 12 heteroatoms. The van der Waals surface area contributed by atoms with E-state index in [0.29, 0.717) is 4.90 Å². The lowest BCUT2D eigenvalue weighted by molar-refractivity contribution is -0.393. The molecular weight excluding hydrogens is 356 g/mol. The maximum absolute atomic E-state index is 11.3. The molecule has 0 aromatic heterocycles. The normalized spacial score (nSPS) is 11.7. The summed E-state index contributed by atoms with van der Waals surface area (Å²) in [6.45, 7) is 0. The Morgan fingerprint density at radius 2 is 1.44 bits per heavy atom. The summed E-state index contributed by atoms with van der Waals surface area (Å²) in [5.74, 6) is 0.225. The minimum atomic E-state index is -0.778. The first-order valence-corrected chi connectivity index (χ1v) is 7.41. The van der Waals surface area contributed by atoms with Crippen molar-refractivity contribution >= 4 is 40.2 Å². The van der Waals surface area contributed by atoms with E-state index in [1.807, 2.05) is 0 Å². The molecule has 2 aromatic carbocycles. The molecule has 0 atom stereocenters. The minimum absolute atomic E-state index is 0.0265. The quantitative estimate of drug-likeness (QED) is 0.540. The molecule has 1 N–H and O–H groups in total. The number of nitro benzene ring substituents is 3. The molecule has 1 aliphatic rings. The predicted molar refractivity (Wildman–Crippen MR) is 86.8 cm³/mol. The largest absolute Gasteiger partial charge is 0.496 e. The molecule has 0 fully saturated rings. The lowest BCUT2D eigenvalue weighted by Crippen LogP contribution is -2.07.